The second-order valence-corrected chi connectivity index (χ2v) is 3.90. The van der Waals surface area contributed by atoms with Crippen LogP contribution in [0, 0.1) is 6.92 Å². The van der Waals surface area contributed by atoms with E-state index in [9.17, 15) is 4.79 Å². The average Bonchev–Trinajstić information content (AvgIpc) is 2.77. The number of rotatable bonds is 5. The van der Waals surface area contributed by atoms with Crippen molar-refractivity contribution in [2.24, 2.45) is 4.99 Å². The van der Waals surface area contributed by atoms with E-state index in [4.69, 9.17) is 4.42 Å². The van der Waals surface area contributed by atoms with Crippen molar-refractivity contribution in [2.75, 3.05) is 20.2 Å². The van der Waals surface area contributed by atoms with Gasteiger partial charge in [-0.2, -0.15) is 0 Å². The van der Waals surface area contributed by atoms with Crippen molar-refractivity contribution in [3.8, 4) is 0 Å². The van der Waals surface area contributed by atoms with Crippen molar-refractivity contribution in [3.05, 3.63) is 23.2 Å². The lowest BCUT2D eigenvalue weighted by Gasteiger charge is -2.08. The second kappa shape index (κ2) is 7.45. The largest absolute Gasteiger partial charge is 0.465 e. The molecule has 0 radical (unpaired) electrons. The quantitative estimate of drug-likeness (QED) is 0.480. The molecule has 6 heteroatoms. The second-order valence-electron chi connectivity index (χ2n) is 3.90. The number of aryl methyl sites for hydroxylation is 1. The Bertz CT molecular complexity index is 444. The van der Waals surface area contributed by atoms with Crippen molar-refractivity contribution in [3.63, 3.8) is 0 Å². The molecular formula is C13H21N3O3. The van der Waals surface area contributed by atoms with Gasteiger partial charge in [0.05, 0.1) is 7.11 Å². The Labute approximate surface area is 113 Å². The van der Waals surface area contributed by atoms with Crippen LogP contribution in [0.4, 0.5) is 0 Å². The standard InChI is InChI=1S/C13H21N3O3/c1-5-14-13(15-6-2)16-8-10-7-11(9(3)19-10)12(17)18-4/h7H,5-6,8H2,1-4H3,(H2,14,15,16). The number of guanidine groups is 1. The van der Waals surface area contributed by atoms with E-state index in [-0.39, 0.29) is 0 Å². The number of furan rings is 1. The molecule has 0 saturated carbocycles. The summed E-state index contributed by atoms with van der Waals surface area (Å²) < 4.78 is 10.2. The van der Waals surface area contributed by atoms with E-state index < -0.39 is 5.97 Å². The van der Waals surface area contributed by atoms with Gasteiger partial charge >= 0.3 is 5.97 Å². The summed E-state index contributed by atoms with van der Waals surface area (Å²) >= 11 is 0. The highest BCUT2D eigenvalue weighted by Gasteiger charge is 2.14. The third kappa shape index (κ3) is 4.31. The lowest BCUT2D eigenvalue weighted by Crippen LogP contribution is -2.36. The molecule has 1 rings (SSSR count). The van der Waals surface area contributed by atoms with Crippen LogP contribution in [-0.2, 0) is 11.3 Å². The predicted molar refractivity (Wildman–Crippen MR) is 73.3 cm³/mol. The highest BCUT2D eigenvalue weighted by atomic mass is 16.5. The minimum atomic E-state index is -0.393. The highest BCUT2D eigenvalue weighted by molar-refractivity contribution is 5.90. The molecule has 6 nitrogen and oxygen atoms in total. The Balaban J connectivity index is 2.76. The predicted octanol–water partition coefficient (Wildman–Crippen LogP) is 1.45. The fraction of sp³-hybridized carbons (Fsp3) is 0.538. The first kappa shape index (κ1) is 15.1. The molecule has 0 aliphatic heterocycles. The fourth-order valence-corrected chi connectivity index (χ4v) is 1.60. The van der Waals surface area contributed by atoms with Gasteiger partial charge in [0.15, 0.2) is 5.96 Å². The maximum absolute atomic E-state index is 11.4. The van der Waals surface area contributed by atoms with Crippen LogP contribution >= 0.6 is 0 Å². The number of hydrogen-bond donors (Lipinski definition) is 2. The minimum absolute atomic E-state index is 0.368. The summed E-state index contributed by atoms with van der Waals surface area (Å²) in [7, 11) is 1.35. The fourth-order valence-electron chi connectivity index (χ4n) is 1.60. The number of aliphatic imine (C=N–C) groups is 1. The molecule has 0 amide bonds. The van der Waals surface area contributed by atoms with Crippen molar-refractivity contribution in [2.45, 2.75) is 27.3 Å². The molecule has 0 aliphatic carbocycles. The van der Waals surface area contributed by atoms with Gasteiger partial charge in [-0.25, -0.2) is 9.79 Å². The number of esters is 1. The van der Waals surface area contributed by atoms with Gasteiger partial charge in [-0.15, -0.1) is 0 Å². The number of hydrogen-bond acceptors (Lipinski definition) is 4. The Morgan fingerprint density at radius 3 is 2.53 bits per heavy atom. The topological polar surface area (TPSA) is 75.9 Å². The van der Waals surface area contributed by atoms with E-state index in [0.29, 0.717) is 23.6 Å². The molecule has 0 atom stereocenters. The molecule has 0 unspecified atom stereocenters. The summed E-state index contributed by atoms with van der Waals surface area (Å²) in [6, 6.07) is 1.67. The first-order chi connectivity index (χ1) is 9.12. The van der Waals surface area contributed by atoms with E-state index in [1.807, 2.05) is 13.8 Å². The zero-order chi connectivity index (χ0) is 14.3. The third-order valence-corrected chi connectivity index (χ3v) is 2.46. The van der Waals surface area contributed by atoms with Crippen LogP contribution in [0.2, 0.25) is 0 Å². The van der Waals surface area contributed by atoms with Gasteiger partial charge in [-0.3, -0.25) is 0 Å². The Hall–Kier alpha value is -1.98. The van der Waals surface area contributed by atoms with Gasteiger partial charge in [0.25, 0.3) is 0 Å². The Morgan fingerprint density at radius 1 is 1.37 bits per heavy atom. The number of nitrogens with one attached hydrogen (secondary N) is 2. The number of methoxy groups -OCH3 is 1. The van der Waals surface area contributed by atoms with E-state index in [0.717, 1.165) is 19.0 Å². The summed E-state index contributed by atoms with van der Waals surface area (Å²) in [5.41, 5.74) is 0.446. The number of carbonyl (C=O) groups is 1. The number of carbonyl (C=O) groups excluding carboxylic acids is 1. The summed E-state index contributed by atoms with van der Waals surface area (Å²) in [5.74, 6) is 1.51. The normalized spacial score (nSPS) is 9.89. The summed E-state index contributed by atoms with van der Waals surface area (Å²) in [5, 5.41) is 6.23. The van der Waals surface area contributed by atoms with E-state index in [2.05, 4.69) is 20.4 Å². The first-order valence-corrected chi connectivity index (χ1v) is 6.32. The molecule has 0 spiro atoms. The lowest BCUT2D eigenvalue weighted by molar-refractivity contribution is 0.0599. The molecule has 0 aromatic carbocycles. The van der Waals surface area contributed by atoms with Crippen molar-refractivity contribution in [1.82, 2.24) is 10.6 Å². The van der Waals surface area contributed by atoms with Crippen molar-refractivity contribution < 1.29 is 13.9 Å². The van der Waals surface area contributed by atoms with Crippen molar-refractivity contribution in [1.29, 1.82) is 0 Å². The van der Waals surface area contributed by atoms with Gasteiger partial charge in [0, 0.05) is 13.1 Å². The van der Waals surface area contributed by atoms with Crippen LogP contribution < -0.4 is 10.6 Å². The molecule has 1 heterocycles. The molecule has 1 aromatic rings. The summed E-state index contributed by atoms with van der Waals surface area (Å²) in [4.78, 5) is 15.8. The number of ether oxygens (including phenoxy) is 1. The molecular weight excluding hydrogens is 246 g/mol. The average molecular weight is 267 g/mol. The van der Waals surface area contributed by atoms with Crippen LogP contribution in [0.1, 0.15) is 35.7 Å². The molecule has 2 N–H and O–H groups in total. The monoisotopic (exact) mass is 267 g/mol. The molecule has 0 fully saturated rings. The van der Waals surface area contributed by atoms with Crippen LogP contribution in [0.3, 0.4) is 0 Å². The minimum Gasteiger partial charge on any atom is -0.465 e. The molecule has 1 aromatic heterocycles. The molecule has 19 heavy (non-hydrogen) atoms. The van der Waals surface area contributed by atoms with Crippen LogP contribution in [0.25, 0.3) is 0 Å². The maximum atomic E-state index is 11.4. The van der Waals surface area contributed by atoms with Gasteiger partial charge in [-0.05, 0) is 26.8 Å². The third-order valence-electron chi connectivity index (χ3n) is 2.46. The molecule has 0 saturated heterocycles. The summed E-state index contributed by atoms with van der Waals surface area (Å²) in [6.07, 6.45) is 0. The summed E-state index contributed by atoms with van der Waals surface area (Å²) in [6.45, 7) is 7.67. The maximum Gasteiger partial charge on any atom is 0.341 e. The molecule has 0 aliphatic rings. The molecule has 106 valence electrons. The molecule has 0 bridgehead atoms. The zero-order valence-corrected chi connectivity index (χ0v) is 11.9. The first-order valence-electron chi connectivity index (χ1n) is 6.32. The van der Waals surface area contributed by atoms with E-state index in [1.165, 1.54) is 7.11 Å². The number of nitrogens with zero attached hydrogens (tertiary/aromatic N) is 1. The SMILES string of the molecule is CCNC(=NCc1cc(C(=O)OC)c(C)o1)NCC. The van der Waals surface area contributed by atoms with Gasteiger partial charge < -0.3 is 19.8 Å². The smallest absolute Gasteiger partial charge is 0.341 e. The van der Waals surface area contributed by atoms with Crippen LogP contribution in [0.15, 0.2) is 15.5 Å². The van der Waals surface area contributed by atoms with Crippen LogP contribution in [-0.4, -0.2) is 32.1 Å². The lowest BCUT2D eigenvalue weighted by atomic mass is 10.2. The van der Waals surface area contributed by atoms with Gasteiger partial charge in [0.2, 0.25) is 0 Å². The van der Waals surface area contributed by atoms with Crippen LogP contribution in [0.5, 0.6) is 0 Å². The zero-order valence-electron chi connectivity index (χ0n) is 11.9. The van der Waals surface area contributed by atoms with Crippen molar-refractivity contribution >= 4 is 11.9 Å². The Morgan fingerprint density at radius 2 is 2.00 bits per heavy atom. The Kier molecular flexibility index (Phi) is 5.92. The van der Waals surface area contributed by atoms with Gasteiger partial charge in [-0.1, -0.05) is 0 Å². The van der Waals surface area contributed by atoms with E-state index in [1.54, 1.807) is 13.0 Å². The highest BCUT2D eigenvalue weighted by Crippen LogP contribution is 2.16. The van der Waals surface area contributed by atoms with E-state index >= 15 is 0 Å². The van der Waals surface area contributed by atoms with Gasteiger partial charge in [0.1, 0.15) is 23.6 Å².